The summed E-state index contributed by atoms with van der Waals surface area (Å²) in [6.07, 6.45) is 3.72. The molecule has 1 aromatic rings. The van der Waals surface area contributed by atoms with Crippen LogP contribution in [0.5, 0.6) is 5.75 Å². The standard InChI is InChI=1S/C17H20N2O3/c1-4-12(2)22-16-8-6-5-7-13(16)9-10-15(20)14(11-18)17(21)19-3/h5-10,12,14H,4H2,1-3H3,(H,19,21)/b10-9-/t12-,14+/m0/s1. The van der Waals surface area contributed by atoms with Crippen molar-refractivity contribution < 1.29 is 14.3 Å². The Labute approximate surface area is 130 Å². The monoisotopic (exact) mass is 300 g/mol. The van der Waals surface area contributed by atoms with E-state index in [0.717, 1.165) is 12.0 Å². The fourth-order valence-corrected chi connectivity index (χ4v) is 1.69. The normalized spacial score (nSPS) is 13.2. The zero-order chi connectivity index (χ0) is 16.5. The van der Waals surface area contributed by atoms with Crippen LogP contribution in [0.4, 0.5) is 0 Å². The van der Waals surface area contributed by atoms with Crippen molar-refractivity contribution in [3.63, 3.8) is 0 Å². The summed E-state index contributed by atoms with van der Waals surface area (Å²) < 4.78 is 5.78. The molecular formula is C17H20N2O3. The van der Waals surface area contributed by atoms with Crippen molar-refractivity contribution in [3.05, 3.63) is 35.9 Å². The van der Waals surface area contributed by atoms with Gasteiger partial charge in [0.2, 0.25) is 5.91 Å². The number of carbonyl (C=O) groups is 2. The Bertz CT molecular complexity index is 602. The maximum atomic E-state index is 11.9. The number of benzene rings is 1. The molecule has 0 aliphatic heterocycles. The van der Waals surface area contributed by atoms with Gasteiger partial charge in [-0.3, -0.25) is 9.59 Å². The van der Waals surface area contributed by atoms with Crippen LogP contribution in [0.2, 0.25) is 0 Å². The van der Waals surface area contributed by atoms with Gasteiger partial charge in [0.05, 0.1) is 12.2 Å². The highest BCUT2D eigenvalue weighted by Gasteiger charge is 2.23. The summed E-state index contributed by atoms with van der Waals surface area (Å²) in [5, 5.41) is 11.2. The minimum absolute atomic E-state index is 0.0583. The van der Waals surface area contributed by atoms with Crippen molar-refractivity contribution in [2.75, 3.05) is 7.05 Å². The summed E-state index contributed by atoms with van der Waals surface area (Å²) in [5.41, 5.74) is 0.727. The van der Waals surface area contributed by atoms with E-state index in [9.17, 15) is 9.59 Å². The van der Waals surface area contributed by atoms with E-state index in [-0.39, 0.29) is 6.10 Å². The number of carbonyl (C=O) groups excluding carboxylic acids is 2. The molecule has 2 atom stereocenters. The Kier molecular flexibility index (Phi) is 6.84. The number of hydrogen-bond acceptors (Lipinski definition) is 4. The second-order valence-corrected chi connectivity index (χ2v) is 4.79. The maximum Gasteiger partial charge on any atom is 0.245 e. The molecule has 0 spiro atoms. The molecule has 0 aliphatic rings. The third-order valence-corrected chi connectivity index (χ3v) is 3.17. The van der Waals surface area contributed by atoms with Crippen LogP contribution in [0, 0.1) is 17.2 Å². The topological polar surface area (TPSA) is 79.2 Å². The molecule has 0 fully saturated rings. The van der Waals surface area contributed by atoms with Crippen LogP contribution in [0.1, 0.15) is 25.8 Å². The average Bonchev–Trinajstić information content (AvgIpc) is 2.54. The first kappa shape index (κ1) is 17.4. The van der Waals surface area contributed by atoms with Gasteiger partial charge in [0.15, 0.2) is 11.7 Å². The van der Waals surface area contributed by atoms with Crippen LogP contribution in [-0.2, 0) is 9.59 Å². The Morgan fingerprint density at radius 1 is 1.41 bits per heavy atom. The van der Waals surface area contributed by atoms with Gasteiger partial charge >= 0.3 is 0 Å². The molecule has 22 heavy (non-hydrogen) atoms. The third-order valence-electron chi connectivity index (χ3n) is 3.17. The molecule has 116 valence electrons. The van der Waals surface area contributed by atoms with Gasteiger partial charge < -0.3 is 10.1 Å². The van der Waals surface area contributed by atoms with Crippen molar-refractivity contribution in [1.29, 1.82) is 5.26 Å². The quantitative estimate of drug-likeness (QED) is 0.619. The predicted molar refractivity (Wildman–Crippen MR) is 84.0 cm³/mol. The molecule has 5 heteroatoms. The van der Waals surface area contributed by atoms with Crippen molar-refractivity contribution in [1.82, 2.24) is 5.32 Å². The van der Waals surface area contributed by atoms with Crippen LogP contribution < -0.4 is 10.1 Å². The summed E-state index contributed by atoms with van der Waals surface area (Å²) in [6.45, 7) is 3.98. The van der Waals surface area contributed by atoms with Crippen LogP contribution in [0.15, 0.2) is 30.3 Å². The van der Waals surface area contributed by atoms with Gasteiger partial charge in [-0.25, -0.2) is 0 Å². The van der Waals surface area contributed by atoms with Crippen molar-refractivity contribution in [3.8, 4) is 11.8 Å². The van der Waals surface area contributed by atoms with E-state index in [1.54, 1.807) is 12.1 Å². The fourth-order valence-electron chi connectivity index (χ4n) is 1.69. The zero-order valence-electron chi connectivity index (χ0n) is 13.0. The van der Waals surface area contributed by atoms with Gasteiger partial charge in [-0.1, -0.05) is 25.1 Å². The van der Waals surface area contributed by atoms with Crippen LogP contribution in [0.3, 0.4) is 0 Å². The number of rotatable bonds is 7. The number of nitrogens with zero attached hydrogens (tertiary/aromatic N) is 1. The molecule has 1 aromatic carbocycles. The van der Waals surface area contributed by atoms with Crippen molar-refractivity contribution in [2.24, 2.45) is 5.92 Å². The molecule has 0 unspecified atom stereocenters. The summed E-state index contributed by atoms with van der Waals surface area (Å²) in [7, 11) is 1.39. The molecule has 0 saturated carbocycles. The molecule has 0 bridgehead atoms. The molecule has 0 radical (unpaired) electrons. The van der Waals surface area contributed by atoms with Gasteiger partial charge in [0.1, 0.15) is 5.75 Å². The lowest BCUT2D eigenvalue weighted by atomic mass is 10.0. The van der Waals surface area contributed by atoms with E-state index in [4.69, 9.17) is 10.00 Å². The summed E-state index contributed by atoms with van der Waals surface area (Å²) >= 11 is 0. The SMILES string of the molecule is CC[C@H](C)Oc1ccccc1/C=C\C(=O)[C@@H](C#N)C(=O)NC. The van der Waals surface area contributed by atoms with E-state index in [0.29, 0.717) is 5.75 Å². The lowest BCUT2D eigenvalue weighted by molar-refractivity contribution is -0.129. The average molecular weight is 300 g/mol. The van der Waals surface area contributed by atoms with Crippen LogP contribution in [0.25, 0.3) is 6.08 Å². The molecule has 1 N–H and O–H groups in total. The highest BCUT2D eigenvalue weighted by Crippen LogP contribution is 2.21. The molecule has 0 saturated heterocycles. The lowest BCUT2D eigenvalue weighted by Crippen LogP contribution is -2.31. The van der Waals surface area contributed by atoms with E-state index in [1.807, 2.05) is 38.1 Å². The Balaban J connectivity index is 2.92. The maximum absolute atomic E-state index is 11.9. The van der Waals surface area contributed by atoms with Crippen molar-refractivity contribution >= 4 is 17.8 Å². The number of para-hydroxylation sites is 1. The highest BCUT2D eigenvalue weighted by molar-refractivity contribution is 6.10. The first-order valence-electron chi connectivity index (χ1n) is 7.12. The second-order valence-electron chi connectivity index (χ2n) is 4.79. The third kappa shape index (κ3) is 4.74. The van der Waals surface area contributed by atoms with E-state index >= 15 is 0 Å². The van der Waals surface area contributed by atoms with Crippen LogP contribution in [-0.4, -0.2) is 24.8 Å². The lowest BCUT2D eigenvalue weighted by Gasteiger charge is -2.14. The molecule has 0 heterocycles. The molecule has 1 amide bonds. The molecule has 5 nitrogen and oxygen atoms in total. The minimum Gasteiger partial charge on any atom is -0.490 e. The first-order chi connectivity index (χ1) is 10.5. The molecule has 1 rings (SSSR count). The number of nitrogens with one attached hydrogen (secondary N) is 1. The number of hydrogen-bond donors (Lipinski definition) is 1. The van der Waals surface area contributed by atoms with Gasteiger partial charge in [0.25, 0.3) is 0 Å². The minimum atomic E-state index is -1.33. The largest absolute Gasteiger partial charge is 0.490 e. The van der Waals surface area contributed by atoms with E-state index in [1.165, 1.54) is 13.1 Å². The Morgan fingerprint density at radius 3 is 2.68 bits per heavy atom. The van der Waals surface area contributed by atoms with Gasteiger partial charge in [-0.2, -0.15) is 5.26 Å². The van der Waals surface area contributed by atoms with Gasteiger partial charge in [-0.05, 0) is 31.6 Å². The van der Waals surface area contributed by atoms with Crippen molar-refractivity contribution in [2.45, 2.75) is 26.4 Å². The molecule has 0 aliphatic carbocycles. The molecule has 0 aromatic heterocycles. The highest BCUT2D eigenvalue weighted by atomic mass is 16.5. The van der Waals surface area contributed by atoms with Gasteiger partial charge in [0, 0.05) is 12.6 Å². The zero-order valence-corrected chi connectivity index (χ0v) is 13.0. The number of amides is 1. The Hall–Kier alpha value is -2.61. The Morgan fingerprint density at radius 2 is 2.09 bits per heavy atom. The number of allylic oxidation sites excluding steroid dienone is 1. The van der Waals surface area contributed by atoms with E-state index in [2.05, 4.69) is 5.32 Å². The van der Waals surface area contributed by atoms with Gasteiger partial charge in [-0.15, -0.1) is 0 Å². The summed E-state index contributed by atoms with van der Waals surface area (Å²) in [4.78, 5) is 23.4. The fraction of sp³-hybridized carbons (Fsp3) is 0.353. The number of ether oxygens (including phenoxy) is 1. The first-order valence-corrected chi connectivity index (χ1v) is 7.12. The molecular weight excluding hydrogens is 280 g/mol. The number of ketones is 1. The summed E-state index contributed by atoms with van der Waals surface area (Å²) in [6, 6.07) is 9.00. The second kappa shape index (κ2) is 8.63. The summed E-state index contributed by atoms with van der Waals surface area (Å²) in [5.74, 6) is -1.83. The number of nitriles is 1. The predicted octanol–water partition coefficient (Wildman–Crippen LogP) is 2.33. The van der Waals surface area contributed by atoms with E-state index < -0.39 is 17.6 Å². The smallest absolute Gasteiger partial charge is 0.245 e. The van der Waals surface area contributed by atoms with Crippen LogP contribution >= 0.6 is 0 Å².